The number of nitrogens with one attached hydrogen (secondary N) is 1. The van der Waals surface area contributed by atoms with E-state index in [0.717, 1.165) is 36.9 Å². The highest BCUT2D eigenvalue weighted by atomic mass is 19.1. The molecule has 0 aliphatic carbocycles. The van der Waals surface area contributed by atoms with E-state index in [4.69, 9.17) is 0 Å². The van der Waals surface area contributed by atoms with E-state index in [-0.39, 0.29) is 17.9 Å². The van der Waals surface area contributed by atoms with Gasteiger partial charge in [-0.15, -0.1) is 0 Å². The SMILES string of the molecule is O=C(Nc1ccccc1)N1CCCCCC1c1cccc(F)c1. The third-order valence-corrected chi connectivity index (χ3v) is 4.27. The molecule has 120 valence electrons. The molecule has 2 aromatic rings. The summed E-state index contributed by atoms with van der Waals surface area (Å²) < 4.78 is 13.6. The van der Waals surface area contributed by atoms with Crippen LogP contribution < -0.4 is 5.32 Å². The maximum atomic E-state index is 13.6. The zero-order valence-electron chi connectivity index (χ0n) is 13.0. The molecule has 0 bridgehead atoms. The molecule has 1 unspecified atom stereocenters. The van der Waals surface area contributed by atoms with E-state index in [1.54, 1.807) is 12.1 Å². The van der Waals surface area contributed by atoms with Gasteiger partial charge in [-0.1, -0.05) is 43.2 Å². The molecule has 1 N–H and O–H groups in total. The van der Waals surface area contributed by atoms with E-state index in [9.17, 15) is 9.18 Å². The van der Waals surface area contributed by atoms with Crippen molar-refractivity contribution in [2.45, 2.75) is 31.7 Å². The third kappa shape index (κ3) is 3.89. The number of hydrogen-bond acceptors (Lipinski definition) is 1. The fourth-order valence-electron chi connectivity index (χ4n) is 3.13. The number of anilines is 1. The van der Waals surface area contributed by atoms with Gasteiger partial charge in [0.15, 0.2) is 0 Å². The summed E-state index contributed by atoms with van der Waals surface area (Å²) in [7, 11) is 0. The minimum absolute atomic E-state index is 0.0723. The fourth-order valence-corrected chi connectivity index (χ4v) is 3.13. The molecule has 0 aromatic heterocycles. The van der Waals surface area contributed by atoms with Crippen molar-refractivity contribution in [3.63, 3.8) is 0 Å². The van der Waals surface area contributed by atoms with Crippen LogP contribution in [0.4, 0.5) is 14.9 Å². The highest BCUT2D eigenvalue weighted by Gasteiger charge is 2.27. The number of rotatable bonds is 2. The fraction of sp³-hybridized carbons (Fsp3) is 0.316. The lowest BCUT2D eigenvalue weighted by Gasteiger charge is -2.30. The van der Waals surface area contributed by atoms with Crippen molar-refractivity contribution in [2.75, 3.05) is 11.9 Å². The van der Waals surface area contributed by atoms with Crippen molar-refractivity contribution < 1.29 is 9.18 Å². The molecule has 23 heavy (non-hydrogen) atoms. The van der Waals surface area contributed by atoms with Crippen LogP contribution in [0.1, 0.15) is 37.3 Å². The van der Waals surface area contributed by atoms with Gasteiger partial charge in [0, 0.05) is 12.2 Å². The van der Waals surface area contributed by atoms with Gasteiger partial charge < -0.3 is 10.2 Å². The Kier molecular flexibility index (Phi) is 4.91. The van der Waals surface area contributed by atoms with Crippen LogP contribution in [0.5, 0.6) is 0 Å². The topological polar surface area (TPSA) is 32.3 Å². The second-order valence-electron chi connectivity index (χ2n) is 5.91. The molecule has 1 fully saturated rings. The van der Waals surface area contributed by atoms with Gasteiger partial charge in [0.05, 0.1) is 6.04 Å². The molecule has 2 amide bonds. The van der Waals surface area contributed by atoms with Crippen LogP contribution >= 0.6 is 0 Å². The van der Waals surface area contributed by atoms with E-state index in [1.807, 2.05) is 41.3 Å². The Bertz CT molecular complexity index is 659. The number of urea groups is 1. The predicted octanol–water partition coefficient (Wildman–Crippen LogP) is 4.97. The predicted molar refractivity (Wildman–Crippen MR) is 89.8 cm³/mol. The number of amides is 2. The molecule has 1 heterocycles. The van der Waals surface area contributed by atoms with E-state index >= 15 is 0 Å². The largest absolute Gasteiger partial charge is 0.322 e. The van der Waals surface area contributed by atoms with Crippen LogP contribution in [0.3, 0.4) is 0 Å². The van der Waals surface area contributed by atoms with E-state index in [1.165, 1.54) is 6.07 Å². The van der Waals surface area contributed by atoms with Crippen molar-refractivity contribution >= 4 is 11.7 Å². The van der Waals surface area contributed by atoms with Crippen molar-refractivity contribution in [1.82, 2.24) is 4.90 Å². The van der Waals surface area contributed by atoms with Crippen molar-refractivity contribution in [1.29, 1.82) is 0 Å². The number of para-hydroxylation sites is 1. The summed E-state index contributed by atoms with van der Waals surface area (Å²) in [5, 5.41) is 2.95. The summed E-state index contributed by atoms with van der Waals surface area (Å²) in [6, 6.07) is 15.8. The Morgan fingerprint density at radius 2 is 1.87 bits per heavy atom. The lowest BCUT2D eigenvalue weighted by molar-refractivity contribution is 0.189. The van der Waals surface area contributed by atoms with Gasteiger partial charge in [0.2, 0.25) is 0 Å². The van der Waals surface area contributed by atoms with Gasteiger partial charge in [0.25, 0.3) is 0 Å². The molecule has 4 heteroatoms. The van der Waals surface area contributed by atoms with Gasteiger partial charge in [-0.2, -0.15) is 0 Å². The minimum Gasteiger partial charge on any atom is -0.317 e. The highest BCUT2D eigenvalue weighted by molar-refractivity contribution is 5.89. The average Bonchev–Trinajstić information content (AvgIpc) is 2.82. The average molecular weight is 312 g/mol. The summed E-state index contributed by atoms with van der Waals surface area (Å²) in [6.07, 6.45) is 4.00. The third-order valence-electron chi connectivity index (χ3n) is 4.27. The molecule has 1 atom stereocenters. The Morgan fingerprint density at radius 1 is 1.04 bits per heavy atom. The Labute approximate surface area is 136 Å². The molecule has 0 radical (unpaired) electrons. The molecule has 1 aliphatic rings. The lowest BCUT2D eigenvalue weighted by Crippen LogP contribution is -2.38. The molecule has 2 aromatic carbocycles. The molecule has 3 rings (SSSR count). The Balaban J connectivity index is 1.82. The number of benzene rings is 2. The first-order valence-corrected chi connectivity index (χ1v) is 8.12. The molecular formula is C19H21FN2O. The minimum atomic E-state index is -0.254. The van der Waals surface area contributed by atoms with Gasteiger partial charge >= 0.3 is 6.03 Å². The highest BCUT2D eigenvalue weighted by Crippen LogP contribution is 2.31. The molecule has 1 aliphatic heterocycles. The molecule has 1 saturated heterocycles. The van der Waals surface area contributed by atoms with Gasteiger partial charge in [-0.05, 0) is 42.7 Å². The Morgan fingerprint density at radius 3 is 2.65 bits per heavy atom. The van der Waals surface area contributed by atoms with Gasteiger partial charge in [-0.25, -0.2) is 9.18 Å². The smallest absolute Gasteiger partial charge is 0.317 e. The summed E-state index contributed by atoms with van der Waals surface area (Å²) in [5.41, 5.74) is 1.65. The first-order chi connectivity index (χ1) is 11.2. The quantitative estimate of drug-likeness (QED) is 0.834. The van der Waals surface area contributed by atoms with Crippen LogP contribution in [0, 0.1) is 5.82 Å². The maximum absolute atomic E-state index is 13.6. The normalized spacial score (nSPS) is 18.3. The monoisotopic (exact) mass is 312 g/mol. The number of hydrogen-bond donors (Lipinski definition) is 1. The van der Waals surface area contributed by atoms with E-state index in [2.05, 4.69) is 5.32 Å². The number of halogens is 1. The van der Waals surface area contributed by atoms with Crippen LogP contribution in [-0.2, 0) is 0 Å². The number of carbonyl (C=O) groups excluding carboxylic acids is 1. The lowest BCUT2D eigenvalue weighted by atomic mass is 10.0. The van der Waals surface area contributed by atoms with Crippen LogP contribution in [0.25, 0.3) is 0 Å². The van der Waals surface area contributed by atoms with Gasteiger partial charge in [0.1, 0.15) is 5.82 Å². The van der Waals surface area contributed by atoms with Crippen LogP contribution in [0.15, 0.2) is 54.6 Å². The molecule has 0 spiro atoms. The number of carbonyl (C=O) groups is 1. The van der Waals surface area contributed by atoms with Gasteiger partial charge in [-0.3, -0.25) is 0 Å². The first-order valence-electron chi connectivity index (χ1n) is 8.12. The van der Waals surface area contributed by atoms with Crippen molar-refractivity contribution in [3.8, 4) is 0 Å². The number of nitrogens with zero attached hydrogens (tertiary/aromatic N) is 1. The maximum Gasteiger partial charge on any atom is 0.322 e. The van der Waals surface area contributed by atoms with Crippen LogP contribution in [0.2, 0.25) is 0 Å². The van der Waals surface area contributed by atoms with Crippen molar-refractivity contribution in [3.05, 3.63) is 66.0 Å². The van der Waals surface area contributed by atoms with E-state index < -0.39 is 0 Å². The molecule has 3 nitrogen and oxygen atoms in total. The number of likely N-dealkylation sites (tertiary alicyclic amines) is 1. The zero-order chi connectivity index (χ0) is 16.1. The summed E-state index contributed by atoms with van der Waals surface area (Å²) in [5.74, 6) is -0.254. The summed E-state index contributed by atoms with van der Waals surface area (Å²) in [4.78, 5) is 14.6. The zero-order valence-corrected chi connectivity index (χ0v) is 13.0. The standard InChI is InChI=1S/C19H21FN2O/c20-16-9-7-8-15(14-16)18-12-5-2-6-13-22(18)19(23)21-17-10-3-1-4-11-17/h1,3-4,7-11,14,18H,2,5-6,12-13H2,(H,21,23). The van der Waals surface area contributed by atoms with Crippen LogP contribution in [-0.4, -0.2) is 17.5 Å². The second-order valence-corrected chi connectivity index (χ2v) is 5.91. The van der Waals surface area contributed by atoms with E-state index in [0.29, 0.717) is 6.54 Å². The second kappa shape index (κ2) is 7.27. The molecule has 0 saturated carbocycles. The summed E-state index contributed by atoms with van der Waals surface area (Å²) >= 11 is 0. The molecular weight excluding hydrogens is 291 g/mol. The Hall–Kier alpha value is -2.36. The summed E-state index contributed by atoms with van der Waals surface area (Å²) in [6.45, 7) is 0.694. The van der Waals surface area contributed by atoms with Crippen molar-refractivity contribution in [2.24, 2.45) is 0 Å². The first kappa shape index (κ1) is 15.5.